The molecule has 1 aliphatic rings. The maximum atomic E-state index is 12.8. The van der Waals surface area contributed by atoms with E-state index in [1.165, 1.54) is 4.90 Å². The summed E-state index contributed by atoms with van der Waals surface area (Å²) in [4.78, 5) is 26.8. The van der Waals surface area contributed by atoms with Gasteiger partial charge in [0.25, 0.3) is 11.1 Å². The molecule has 5 nitrogen and oxygen atoms in total. The number of ether oxygens (including phenoxy) is 2. The van der Waals surface area contributed by atoms with Gasteiger partial charge >= 0.3 is 0 Å². The van der Waals surface area contributed by atoms with E-state index < -0.39 is 0 Å². The summed E-state index contributed by atoms with van der Waals surface area (Å²) in [5, 5.41) is 0.248. The minimum atomic E-state index is -0.333. The van der Waals surface area contributed by atoms with Crippen molar-refractivity contribution in [1.29, 1.82) is 0 Å². The van der Waals surface area contributed by atoms with Crippen molar-refractivity contribution in [2.24, 2.45) is 0 Å². The van der Waals surface area contributed by atoms with Crippen LogP contribution in [0.25, 0.3) is 6.08 Å². The van der Waals surface area contributed by atoms with Crippen LogP contribution in [0.4, 0.5) is 4.79 Å². The fourth-order valence-electron chi connectivity index (χ4n) is 3.06. The van der Waals surface area contributed by atoms with Crippen LogP contribution in [0.5, 0.6) is 11.5 Å². The van der Waals surface area contributed by atoms with E-state index in [4.69, 9.17) is 21.1 Å². The molecule has 0 atom stereocenters. The molecule has 3 rings (SSSR count). The first-order chi connectivity index (χ1) is 14.0. The molecule has 0 radical (unpaired) electrons. The fourth-order valence-corrected chi connectivity index (χ4v) is 4.11. The highest BCUT2D eigenvalue weighted by Crippen LogP contribution is 2.37. The van der Waals surface area contributed by atoms with Crippen molar-refractivity contribution in [2.45, 2.75) is 13.0 Å². The van der Waals surface area contributed by atoms with E-state index in [9.17, 15) is 9.59 Å². The molecule has 0 bridgehead atoms. The van der Waals surface area contributed by atoms with E-state index in [0.717, 1.165) is 28.5 Å². The van der Waals surface area contributed by atoms with E-state index in [1.54, 1.807) is 50.6 Å². The molecule has 0 aromatic heterocycles. The summed E-state index contributed by atoms with van der Waals surface area (Å²) < 4.78 is 10.9. The van der Waals surface area contributed by atoms with Crippen molar-refractivity contribution in [1.82, 2.24) is 4.90 Å². The van der Waals surface area contributed by atoms with Gasteiger partial charge in [0.2, 0.25) is 0 Å². The topological polar surface area (TPSA) is 55.8 Å². The predicted octanol–water partition coefficient (Wildman–Crippen LogP) is 5.32. The van der Waals surface area contributed by atoms with Crippen molar-refractivity contribution < 1.29 is 19.1 Å². The number of allylic oxidation sites excluding steroid dienone is 1. The largest absolute Gasteiger partial charge is 0.493 e. The van der Waals surface area contributed by atoms with Crippen molar-refractivity contribution >= 4 is 40.6 Å². The van der Waals surface area contributed by atoms with Crippen LogP contribution in [0.3, 0.4) is 0 Å². The number of benzene rings is 2. The van der Waals surface area contributed by atoms with E-state index in [1.807, 2.05) is 12.1 Å². The van der Waals surface area contributed by atoms with Gasteiger partial charge in [-0.2, -0.15) is 0 Å². The van der Waals surface area contributed by atoms with Gasteiger partial charge in [-0.25, -0.2) is 0 Å². The molecule has 29 heavy (non-hydrogen) atoms. The number of nitrogens with zero attached hydrogens (tertiary/aromatic N) is 1. The van der Waals surface area contributed by atoms with Gasteiger partial charge < -0.3 is 9.47 Å². The average molecular weight is 430 g/mol. The van der Waals surface area contributed by atoms with Crippen LogP contribution < -0.4 is 9.47 Å². The lowest BCUT2D eigenvalue weighted by Gasteiger charge is -2.14. The van der Waals surface area contributed by atoms with Gasteiger partial charge in [-0.1, -0.05) is 29.8 Å². The third-order valence-electron chi connectivity index (χ3n) is 4.34. The van der Waals surface area contributed by atoms with Gasteiger partial charge in [-0.15, -0.1) is 6.58 Å². The van der Waals surface area contributed by atoms with E-state index in [2.05, 4.69) is 6.58 Å². The standard InChI is InChI=1S/C22H20ClNO4S/c1-4-6-16-9-15(11-18(27-2)20(16)28-3)12-19-21(25)24(22(26)29-19)13-14-7-5-8-17(23)10-14/h4-5,7-12H,1,6,13H2,2-3H3/b19-12-. The van der Waals surface area contributed by atoms with Crippen LogP contribution in [0.2, 0.25) is 5.02 Å². The van der Waals surface area contributed by atoms with Crippen LogP contribution >= 0.6 is 23.4 Å². The monoisotopic (exact) mass is 429 g/mol. The van der Waals surface area contributed by atoms with E-state index in [-0.39, 0.29) is 17.7 Å². The molecule has 7 heteroatoms. The Bertz CT molecular complexity index is 1000. The molecule has 0 spiro atoms. The summed E-state index contributed by atoms with van der Waals surface area (Å²) >= 11 is 6.91. The Balaban J connectivity index is 1.90. The Kier molecular flexibility index (Phi) is 6.67. The molecule has 0 saturated carbocycles. The summed E-state index contributed by atoms with van der Waals surface area (Å²) in [7, 11) is 3.13. The predicted molar refractivity (Wildman–Crippen MR) is 116 cm³/mol. The zero-order valence-corrected chi connectivity index (χ0v) is 17.7. The molecular formula is C22H20ClNO4S. The smallest absolute Gasteiger partial charge is 0.293 e. The van der Waals surface area contributed by atoms with Gasteiger partial charge in [0.15, 0.2) is 11.5 Å². The summed E-state index contributed by atoms with van der Waals surface area (Å²) in [5.41, 5.74) is 2.42. The summed E-state index contributed by atoms with van der Waals surface area (Å²) in [6.07, 6.45) is 4.04. The summed E-state index contributed by atoms with van der Waals surface area (Å²) in [6.45, 7) is 3.94. The summed E-state index contributed by atoms with van der Waals surface area (Å²) in [6, 6.07) is 10.8. The number of amides is 2. The van der Waals surface area contributed by atoms with Crippen molar-refractivity contribution in [3.63, 3.8) is 0 Å². The number of carbonyl (C=O) groups is 2. The zero-order chi connectivity index (χ0) is 21.0. The molecule has 2 aromatic carbocycles. The molecule has 2 aromatic rings. The highest BCUT2D eigenvalue weighted by Gasteiger charge is 2.35. The van der Waals surface area contributed by atoms with Crippen molar-refractivity contribution in [3.05, 3.63) is 75.7 Å². The van der Waals surface area contributed by atoms with Crippen LogP contribution in [0, 0.1) is 0 Å². The number of hydrogen-bond donors (Lipinski definition) is 0. The maximum Gasteiger partial charge on any atom is 0.293 e. The second kappa shape index (κ2) is 9.20. The molecule has 1 aliphatic heterocycles. The molecule has 150 valence electrons. The van der Waals surface area contributed by atoms with Crippen molar-refractivity contribution in [2.75, 3.05) is 14.2 Å². The first-order valence-corrected chi connectivity index (χ1v) is 10.0. The van der Waals surface area contributed by atoms with Gasteiger partial charge in [0.1, 0.15) is 0 Å². The normalized spacial score (nSPS) is 15.1. The molecule has 1 saturated heterocycles. The molecule has 0 aliphatic carbocycles. The lowest BCUT2D eigenvalue weighted by molar-refractivity contribution is -0.123. The van der Waals surface area contributed by atoms with E-state index >= 15 is 0 Å². The number of rotatable bonds is 7. The van der Waals surface area contributed by atoms with Crippen LogP contribution in [-0.2, 0) is 17.8 Å². The third kappa shape index (κ3) is 4.66. The Hall–Kier alpha value is -2.70. The molecule has 0 N–H and O–H groups in total. The highest BCUT2D eigenvalue weighted by atomic mass is 35.5. The Morgan fingerprint density at radius 1 is 1.17 bits per heavy atom. The SMILES string of the molecule is C=CCc1cc(/C=C2\SC(=O)N(Cc3cccc(Cl)c3)C2=O)cc(OC)c1OC. The van der Waals surface area contributed by atoms with Gasteiger partial charge in [0, 0.05) is 10.6 Å². The number of carbonyl (C=O) groups excluding carboxylic acids is 2. The Labute approximate surface area is 178 Å². The van der Waals surface area contributed by atoms with E-state index in [0.29, 0.717) is 27.8 Å². The number of imide groups is 1. The third-order valence-corrected chi connectivity index (χ3v) is 5.49. The minimum Gasteiger partial charge on any atom is -0.493 e. The van der Waals surface area contributed by atoms with Crippen LogP contribution in [0.15, 0.2) is 54.0 Å². The Morgan fingerprint density at radius 3 is 2.62 bits per heavy atom. The average Bonchev–Trinajstić information content (AvgIpc) is 2.95. The maximum absolute atomic E-state index is 12.8. The number of methoxy groups -OCH3 is 2. The van der Waals surface area contributed by atoms with Gasteiger partial charge in [-0.05, 0) is 59.7 Å². The zero-order valence-electron chi connectivity index (χ0n) is 16.1. The number of thioether (sulfide) groups is 1. The lowest BCUT2D eigenvalue weighted by atomic mass is 10.0. The number of hydrogen-bond acceptors (Lipinski definition) is 5. The second-order valence-corrected chi connectivity index (χ2v) is 7.74. The first-order valence-electron chi connectivity index (χ1n) is 8.82. The lowest BCUT2D eigenvalue weighted by Crippen LogP contribution is -2.27. The first kappa shape index (κ1) is 21.0. The molecule has 0 unspecified atom stereocenters. The quantitative estimate of drug-likeness (QED) is 0.440. The highest BCUT2D eigenvalue weighted by molar-refractivity contribution is 8.18. The van der Waals surface area contributed by atoms with Crippen molar-refractivity contribution in [3.8, 4) is 11.5 Å². The molecular weight excluding hydrogens is 410 g/mol. The van der Waals surface area contributed by atoms with Crippen LogP contribution in [-0.4, -0.2) is 30.3 Å². The molecule has 1 fully saturated rings. The van der Waals surface area contributed by atoms with Crippen LogP contribution in [0.1, 0.15) is 16.7 Å². The summed E-state index contributed by atoms with van der Waals surface area (Å²) in [5.74, 6) is 0.842. The second-order valence-electron chi connectivity index (χ2n) is 6.31. The van der Waals surface area contributed by atoms with Gasteiger partial charge in [-0.3, -0.25) is 14.5 Å². The Morgan fingerprint density at radius 2 is 1.97 bits per heavy atom. The van der Waals surface area contributed by atoms with Gasteiger partial charge in [0.05, 0.1) is 25.7 Å². The molecule has 2 amide bonds. The number of halogens is 1. The molecule has 1 heterocycles. The fraction of sp³-hybridized carbons (Fsp3) is 0.182. The minimum absolute atomic E-state index is 0.177.